The molecule has 0 saturated carbocycles. The fourth-order valence-corrected chi connectivity index (χ4v) is 4.42. The molecular formula is C20H24ClN3O3S. The average Bonchev–Trinajstić information content (AvgIpc) is 2.71. The lowest BCUT2D eigenvalue weighted by molar-refractivity contribution is -0.133. The van der Waals surface area contributed by atoms with E-state index >= 15 is 0 Å². The van der Waals surface area contributed by atoms with Gasteiger partial charge in [-0.05, 0) is 29.8 Å². The van der Waals surface area contributed by atoms with E-state index in [4.69, 9.17) is 11.6 Å². The van der Waals surface area contributed by atoms with Crippen LogP contribution in [0.5, 0.6) is 0 Å². The molecule has 0 atom stereocenters. The second kappa shape index (κ2) is 9.05. The molecule has 0 radical (unpaired) electrons. The first kappa shape index (κ1) is 20.8. The van der Waals surface area contributed by atoms with Gasteiger partial charge in [-0.3, -0.25) is 9.69 Å². The highest BCUT2D eigenvalue weighted by Crippen LogP contribution is 2.15. The Balaban J connectivity index is 1.51. The van der Waals surface area contributed by atoms with E-state index in [-0.39, 0.29) is 17.3 Å². The Morgan fingerprint density at radius 2 is 1.61 bits per heavy atom. The first-order valence-corrected chi connectivity index (χ1v) is 10.9. The maximum absolute atomic E-state index is 12.6. The zero-order valence-electron chi connectivity index (χ0n) is 15.8. The van der Waals surface area contributed by atoms with Crippen LogP contribution in [0, 0.1) is 0 Å². The van der Waals surface area contributed by atoms with Crippen LogP contribution in [0.25, 0.3) is 0 Å². The smallest absolute Gasteiger partial charge is 0.243 e. The second-order valence-corrected chi connectivity index (χ2v) is 9.34. The standard InChI is InChI=1S/C20H24ClN3O3S/c1-22(28(26,27)19-5-3-2-4-6-19)16-20(25)24-13-11-23(12-14-24)15-17-7-9-18(21)10-8-17/h2-10H,11-16H2,1H3. The van der Waals surface area contributed by atoms with Crippen molar-refractivity contribution in [3.63, 3.8) is 0 Å². The minimum atomic E-state index is -3.66. The number of sulfonamides is 1. The highest BCUT2D eigenvalue weighted by Gasteiger charge is 2.27. The van der Waals surface area contributed by atoms with Crippen molar-refractivity contribution in [2.75, 3.05) is 39.8 Å². The van der Waals surface area contributed by atoms with Crippen molar-refractivity contribution in [3.05, 3.63) is 65.2 Å². The summed E-state index contributed by atoms with van der Waals surface area (Å²) in [5.74, 6) is -0.173. The van der Waals surface area contributed by atoms with Gasteiger partial charge in [0.15, 0.2) is 0 Å². The molecule has 0 unspecified atom stereocenters. The maximum atomic E-state index is 12.6. The van der Waals surface area contributed by atoms with Gasteiger partial charge in [0.1, 0.15) is 0 Å². The van der Waals surface area contributed by atoms with Gasteiger partial charge in [-0.2, -0.15) is 4.31 Å². The van der Waals surface area contributed by atoms with Crippen molar-refractivity contribution in [1.82, 2.24) is 14.1 Å². The minimum absolute atomic E-state index is 0.158. The molecule has 0 N–H and O–H groups in total. The number of rotatable bonds is 6. The van der Waals surface area contributed by atoms with Gasteiger partial charge in [-0.15, -0.1) is 0 Å². The first-order valence-electron chi connectivity index (χ1n) is 9.12. The van der Waals surface area contributed by atoms with E-state index in [0.29, 0.717) is 18.1 Å². The Kier molecular flexibility index (Phi) is 6.72. The summed E-state index contributed by atoms with van der Waals surface area (Å²) >= 11 is 5.92. The lowest BCUT2D eigenvalue weighted by Gasteiger charge is -2.35. The average molecular weight is 422 g/mol. The highest BCUT2D eigenvalue weighted by molar-refractivity contribution is 7.89. The third-order valence-electron chi connectivity index (χ3n) is 4.85. The molecule has 1 saturated heterocycles. The molecule has 0 bridgehead atoms. The molecule has 0 aliphatic carbocycles. The van der Waals surface area contributed by atoms with Crippen molar-refractivity contribution in [2.45, 2.75) is 11.4 Å². The summed E-state index contributed by atoms with van der Waals surface area (Å²) in [6.45, 7) is 3.33. The monoisotopic (exact) mass is 421 g/mol. The van der Waals surface area contributed by atoms with Crippen LogP contribution >= 0.6 is 11.6 Å². The third-order valence-corrected chi connectivity index (χ3v) is 6.92. The molecule has 0 aromatic heterocycles. The number of nitrogens with zero attached hydrogens (tertiary/aromatic N) is 3. The van der Waals surface area contributed by atoms with Gasteiger partial charge in [0, 0.05) is 44.8 Å². The number of hydrogen-bond acceptors (Lipinski definition) is 4. The zero-order valence-corrected chi connectivity index (χ0v) is 17.4. The molecule has 1 aliphatic heterocycles. The van der Waals surface area contributed by atoms with Gasteiger partial charge >= 0.3 is 0 Å². The van der Waals surface area contributed by atoms with Gasteiger partial charge in [0.25, 0.3) is 0 Å². The number of benzene rings is 2. The van der Waals surface area contributed by atoms with Crippen molar-refractivity contribution >= 4 is 27.5 Å². The third kappa shape index (κ3) is 5.11. The lowest BCUT2D eigenvalue weighted by Crippen LogP contribution is -2.51. The van der Waals surface area contributed by atoms with Crippen LogP contribution in [0.15, 0.2) is 59.5 Å². The molecule has 0 spiro atoms. The van der Waals surface area contributed by atoms with Crippen LogP contribution in [-0.2, 0) is 21.4 Å². The second-order valence-electron chi connectivity index (χ2n) is 6.86. The summed E-state index contributed by atoms with van der Waals surface area (Å²) in [4.78, 5) is 16.8. The van der Waals surface area contributed by atoms with Gasteiger partial charge in [-0.25, -0.2) is 8.42 Å². The van der Waals surface area contributed by atoms with Crippen molar-refractivity contribution in [2.24, 2.45) is 0 Å². The molecule has 1 fully saturated rings. The van der Waals surface area contributed by atoms with E-state index in [1.807, 2.05) is 24.3 Å². The highest BCUT2D eigenvalue weighted by atomic mass is 35.5. The number of carbonyl (C=O) groups is 1. The summed E-state index contributed by atoms with van der Waals surface area (Å²) < 4.78 is 26.3. The Bertz CT molecular complexity index is 896. The summed E-state index contributed by atoms with van der Waals surface area (Å²) in [5.41, 5.74) is 1.18. The fourth-order valence-electron chi connectivity index (χ4n) is 3.15. The topological polar surface area (TPSA) is 60.9 Å². The van der Waals surface area contributed by atoms with Crippen LogP contribution in [-0.4, -0.2) is 68.2 Å². The Morgan fingerprint density at radius 1 is 1.00 bits per heavy atom. The van der Waals surface area contributed by atoms with Crippen molar-refractivity contribution in [3.8, 4) is 0 Å². The van der Waals surface area contributed by atoms with Crippen LogP contribution in [0.4, 0.5) is 0 Å². The summed E-state index contributed by atoms with van der Waals surface area (Å²) in [6.07, 6.45) is 0. The van der Waals surface area contributed by atoms with Crippen LogP contribution in [0.2, 0.25) is 5.02 Å². The summed E-state index contributed by atoms with van der Waals surface area (Å²) in [7, 11) is -2.22. The number of halogens is 1. The number of amides is 1. The molecule has 1 aliphatic rings. The van der Waals surface area contributed by atoms with E-state index in [1.165, 1.54) is 24.7 Å². The molecule has 6 nitrogen and oxygen atoms in total. The molecule has 1 heterocycles. The van der Waals surface area contributed by atoms with Gasteiger partial charge < -0.3 is 4.90 Å². The predicted molar refractivity (Wildman–Crippen MR) is 110 cm³/mol. The predicted octanol–water partition coefficient (Wildman–Crippen LogP) is 2.30. The van der Waals surface area contributed by atoms with Gasteiger partial charge in [0.05, 0.1) is 11.4 Å². The zero-order chi connectivity index (χ0) is 20.1. The maximum Gasteiger partial charge on any atom is 0.243 e. The number of carbonyl (C=O) groups excluding carboxylic acids is 1. The Hall–Kier alpha value is -1.93. The molecular weight excluding hydrogens is 398 g/mol. The molecule has 8 heteroatoms. The van der Waals surface area contributed by atoms with Gasteiger partial charge in [-0.1, -0.05) is 41.9 Å². The molecule has 2 aromatic carbocycles. The van der Waals surface area contributed by atoms with Crippen LogP contribution < -0.4 is 0 Å². The summed E-state index contributed by atoms with van der Waals surface area (Å²) in [5, 5.41) is 0.716. The SMILES string of the molecule is CN(CC(=O)N1CCN(Cc2ccc(Cl)cc2)CC1)S(=O)(=O)c1ccccc1. The van der Waals surface area contributed by atoms with Gasteiger partial charge in [0.2, 0.25) is 15.9 Å². The fraction of sp³-hybridized carbons (Fsp3) is 0.350. The van der Waals surface area contributed by atoms with E-state index in [0.717, 1.165) is 23.9 Å². The number of piperazine rings is 1. The molecule has 1 amide bonds. The van der Waals surface area contributed by atoms with E-state index < -0.39 is 10.0 Å². The van der Waals surface area contributed by atoms with E-state index in [2.05, 4.69) is 4.90 Å². The minimum Gasteiger partial charge on any atom is -0.339 e. The molecule has 2 aromatic rings. The molecule has 3 rings (SSSR count). The quantitative estimate of drug-likeness (QED) is 0.718. The number of likely N-dealkylation sites (N-methyl/N-ethyl adjacent to an activating group) is 1. The Labute approximate surface area is 171 Å². The lowest BCUT2D eigenvalue weighted by atomic mass is 10.2. The van der Waals surface area contributed by atoms with E-state index in [1.54, 1.807) is 23.1 Å². The van der Waals surface area contributed by atoms with Crippen molar-refractivity contribution < 1.29 is 13.2 Å². The number of hydrogen-bond donors (Lipinski definition) is 0. The molecule has 28 heavy (non-hydrogen) atoms. The van der Waals surface area contributed by atoms with Crippen LogP contribution in [0.3, 0.4) is 0 Å². The largest absolute Gasteiger partial charge is 0.339 e. The first-order chi connectivity index (χ1) is 13.4. The molecule has 150 valence electrons. The normalized spacial score (nSPS) is 15.8. The Morgan fingerprint density at radius 3 is 2.21 bits per heavy atom. The summed E-state index contributed by atoms with van der Waals surface area (Å²) in [6, 6.07) is 15.9. The van der Waals surface area contributed by atoms with Crippen LogP contribution in [0.1, 0.15) is 5.56 Å². The van der Waals surface area contributed by atoms with Crippen molar-refractivity contribution in [1.29, 1.82) is 0 Å². The van der Waals surface area contributed by atoms with E-state index in [9.17, 15) is 13.2 Å².